The van der Waals surface area contributed by atoms with Crippen LogP contribution >= 0.6 is 0 Å². The van der Waals surface area contributed by atoms with Crippen molar-refractivity contribution in [2.45, 2.75) is 38.8 Å². The summed E-state index contributed by atoms with van der Waals surface area (Å²) in [6.07, 6.45) is 3.66. The molecule has 3 aromatic carbocycles. The third-order valence-corrected chi connectivity index (χ3v) is 7.66. The molecule has 4 aromatic rings. The second kappa shape index (κ2) is 9.55. The molecule has 0 amide bonds. The van der Waals surface area contributed by atoms with Crippen molar-refractivity contribution in [3.05, 3.63) is 86.9 Å². The number of phenols is 1. The first-order valence-corrected chi connectivity index (χ1v) is 13.1. The van der Waals surface area contributed by atoms with Crippen LogP contribution in [-0.2, 0) is 0 Å². The Bertz CT molecular complexity index is 1740. The van der Waals surface area contributed by atoms with E-state index in [4.69, 9.17) is 23.4 Å². The van der Waals surface area contributed by atoms with E-state index in [1.807, 2.05) is 62.2 Å². The number of nitrogens with zero attached hydrogens (tertiary/aromatic N) is 1. The van der Waals surface area contributed by atoms with E-state index in [1.165, 1.54) is 7.11 Å². The van der Waals surface area contributed by atoms with Gasteiger partial charge in [-0.3, -0.25) is 0 Å². The van der Waals surface area contributed by atoms with Gasteiger partial charge in [-0.2, -0.15) is 0 Å². The minimum atomic E-state index is -0.450. The van der Waals surface area contributed by atoms with Gasteiger partial charge in [0, 0.05) is 29.1 Å². The lowest BCUT2D eigenvalue weighted by molar-refractivity contribution is 0.230. The first-order valence-electron chi connectivity index (χ1n) is 13.1. The van der Waals surface area contributed by atoms with Gasteiger partial charge in [0.25, 0.3) is 0 Å². The minimum Gasteiger partial charge on any atom is -0.504 e. The molecule has 2 unspecified atom stereocenters. The summed E-state index contributed by atoms with van der Waals surface area (Å²) >= 11 is 0. The van der Waals surface area contributed by atoms with E-state index in [9.17, 15) is 9.90 Å². The van der Waals surface area contributed by atoms with Gasteiger partial charge in [0.1, 0.15) is 17.0 Å². The summed E-state index contributed by atoms with van der Waals surface area (Å²) in [5, 5.41) is 11.3. The van der Waals surface area contributed by atoms with E-state index in [2.05, 4.69) is 6.07 Å². The number of phenolic OH excluding ortho intramolecular Hbond substituents is 1. The first kappa shape index (κ1) is 25.7. The lowest BCUT2D eigenvalue weighted by Crippen LogP contribution is -2.27. The Labute approximate surface area is 232 Å². The van der Waals surface area contributed by atoms with Gasteiger partial charge in [-0.25, -0.2) is 4.79 Å². The topological polar surface area (TPSA) is 90.6 Å². The maximum atomic E-state index is 13.7. The van der Waals surface area contributed by atoms with Crippen LogP contribution in [0.5, 0.6) is 28.7 Å². The summed E-state index contributed by atoms with van der Waals surface area (Å²) in [4.78, 5) is 15.7. The molecule has 40 heavy (non-hydrogen) atoms. The maximum Gasteiger partial charge on any atom is 0.360 e. The molecule has 6 rings (SSSR count). The molecule has 0 radical (unpaired) electrons. The Kier molecular flexibility index (Phi) is 6.13. The van der Waals surface area contributed by atoms with Crippen molar-refractivity contribution < 1.29 is 28.5 Å². The molecule has 2 aliphatic rings. The summed E-state index contributed by atoms with van der Waals surface area (Å²) in [6.45, 7) is 5.85. The Morgan fingerprint density at radius 3 is 2.38 bits per heavy atom. The van der Waals surface area contributed by atoms with Crippen molar-refractivity contribution in [1.82, 2.24) is 0 Å². The van der Waals surface area contributed by atoms with Gasteiger partial charge in [0.15, 0.2) is 23.0 Å². The summed E-state index contributed by atoms with van der Waals surface area (Å²) in [6, 6.07) is 12.9. The van der Waals surface area contributed by atoms with Gasteiger partial charge in [-0.05, 0) is 73.4 Å². The lowest BCUT2D eigenvalue weighted by atomic mass is 9.80. The Hall–Kier alpha value is -4.59. The van der Waals surface area contributed by atoms with Crippen molar-refractivity contribution in [3.8, 4) is 28.7 Å². The Morgan fingerprint density at radius 1 is 0.925 bits per heavy atom. The summed E-state index contributed by atoms with van der Waals surface area (Å²) in [7, 11) is 4.77. The van der Waals surface area contributed by atoms with Gasteiger partial charge in [-0.15, -0.1) is 0 Å². The average molecular weight is 542 g/mol. The molecule has 0 aliphatic carbocycles. The molecule has 1 N–H and O–H groups in total. The Morgan fingerprint density at radius 2 is 1.68 bits per heavy atom. The van der Waals surface area contributed by atoms with Crippen molar-refractivity contribution >= 4 is 22.7 Å². The fraction of sp³-hybridized carbons (Fsp3) is 0.281. The molecule has 2 aliphatic heterocycles. The minimum absolute atomic E-state index is 0.0517. The molecule has 1 aromatic heterocycles. The number of aromatic hydroxyl groups is 1. The third kappa shape index (κ3) is 3.86. The van der Waals surface area contributed by atoms with Crippen LogP contribution in [0.1, 0.15) is 53.6 Å². The number of aryl methyl sites for hydroxylation is 1. The molecule has 0 saturated carbocycles. The smallest absolute Gasteiger partial charge is 0.360 e. The maximum absolute atomic E-state index is 13.7. The van der Waals surface area contributed by atoms with Crippen molar-refractivity contribution in [3.63, 3.8) is 0 Å². The molecule has 0 spiro atoms. The number of anilines is 1. The van der Waals surface area contributed by atoms with Gasteiger partial charge in [0.2, 0.25) is 0 Å². The second-order valence-electron chi connectivity index (χ2n) is 10.3. The zero-order chi connectivity index (χ0) is 28.3. The lowest BCUT2D eigenvalue weighted by Gasteiger charge is -2.32. The zero-order valence-corrected chi connectivity index (χ0v) is 23.3. The normalized spacial score (nSPS) is 17.0. The molecule has 0 fully saturated rings. The van der Waals surface area contributed by atoms with Crippen LogP contribution in [0.25, 0.3) is 17.0 Å². The molecule has 3 heterocycles. The standard InChI is InChI=1S/C32H31NO7/c1-16(2)39-27-15-24-21(14-26(27)38-6)29-28(19-8-7-17(3)23(12-19)36-4)30-20-13-25(37-5)22(34)11-18(20)9-10-33(30)31(29)32(35)40-24/h7-16,28,30,34H,1-6H3. The van der Waals surface area contributed by atoms with Crippen LogP contribution in [-0.4, -0.2) is 32.5 Å². The number of methoxy groups -OCH3 is 3. The van der Waals surface area contributed by atoms with Gasteiger partial charge < -0.3 is 33.4 Å². The van der Waals surface area contributed by atoms with E-state index in [-0.39, 0.29) is 23.8 Å². The summed E-state index contributed by atoms with van der Waals surface area (Å²) in [5.41, 5.74) is 4.97. The van der Waals surface area contributed by atoms with Crippen LogP contribution < -0.4 is 29.5 Å². The van der Waals surface area contributed by atoms with Crippen molar-refractivity contribution in [1.29, 1.82) is 0 Å². The number of rotatable bonds is 6. The van der Waals surface area contributed by atoms with Crippen LogP contribution in [0, 0.1) is 6.92 Å². The fourth-order valence-corrected chi connectivity index (χ4v) is 5.94. The molecular weight excluding hydrogens is 510 g/mol. The molecule has 0 saturated heterocycles. The van der Waals surface area contributed by atoms with Crippen LogP contribution in [0.2, 0.25) is 0 Å². The van der Waals surface area contributed by atoms with Crippen LogP contribution in [0.15, 0.2) is 57.9 Å². The van der Waals surface area contributed by atoms with Gasteiger partial charge in [-0.1, -0.05) is 12.1 Å². The third-order valence-electron chi connectivity index (χ3n) is 7.66. The van der Waals surface area contributed by atoms with Crippen LogP contribution in [0.4, 0.5) is 5.69 Å². The van der Waals surface area contributed by atoms with Crippen molar-refractivity contribution in [2.75, 3.05) is 26.2 Å². The number of hydrogen-bond donors (Lipinski definition) is 1. The predicted octanol–water partition coefficient (Wildman–Crippen LogP) is 6.30. The highest BCUT2D eigenvalue weighted by molar-refractivity contribution is 5.92. The Balaban J connectivity index is 1.69. The van der Waals surface area contributed by atoms with Crippen molar-refractivity contribution in [2.24, 2.45) is 0 Å². The van der Waals surface area contributed by atoms with E-state index in [0.717, 1.165) is 39.0 Å². The monoisotopic (exact) mass is 541 g/mol. The average Bonchev–Trinajstić information content (AvgIpc) is 3.29. The number of hydrogen-bond acceptors (Lipinski definition) is 8. The number of ether oxygens (including phenoxy) is 4. The highest BCUT2D eigenvalue weighted by atomic mass is 16.5. The van der Waals surface area contributed by atoms with Gasteiger partial charge >= 0.3 is 5.63 Å². The van der Waals surface area contributed by atoms with E-state index in [0.29, 0.717) is 28.5 Å². The zero-order valence-electron chi connectivity index (χ0n) is 23.3. The molecular formula is C32H31NO7. The molecule has 0 bridgehead atoms. The van der Waals surface area contributed by atoms with E-state index >= 15 is 0 Å². The summed E-state index contributed by atoms with van der Waals surface area (Å²) in [5.74, 6) is 1.92. The highest BCUT2D eigenvalue weighted by Crippen LogP contribution is 2.57. The SMILES string of the molecule is COc1cc(C2c3c(c(=O)oc4cc(OC(C)C)c(OC)cc34)N3C=Cc4cc(O)c(OC)cc4C23)ccc1C. The first-order chi connectivity index (χ1) is 19.2. The van der Waals surface area contributed by atoms with Crippen LogP contribution in [0.3, 0.4) is 0 Å². The van der Waals surface area contributed by atoms with Gasteiger partial charge in [0.05, 0.1) is 33.5 Å². The largest absolute Gasteiger partial charge is 0.504 e. The number of fused-ring (bicyclic) bond motifs is 7. The molecule has 8 heteroatoms. The fourth-order valence-electron chi connectivity index (χ4n) is 5.94. The second-order valence-corrected chi connectivity index (χ2v) is 10.3. The highest BCUT2D eigenvalue weighted by Gasteiger charge is 2.46. The predicted molar refractivity (Wildman–Crippen MR) is 153 cm³/mol. The molecule has 206 valence electrons. The van der Waals surface area contributed by atoms with E-state index < -0.39 is 5.63 Å². The quantitative estimate of drug-likeness (QED) is 0.285. The molecule has 8 nitrogen and oxygen atoms in total. The molecule has 2 atom stereocenters. The summed E-state index contributed by atoms with van der Waals surface area (Å²) < 4.78 is 28.8. The van der Waals surface area contributed by atoms with E-state index in [1.54, 1.807) is 26.4 Å². The number of benzene rings is 3.